The topological polar surface area (TPSA) is 21.3 Å². The van der Waals surface area contributed by atoms with Gasteiger partial charge in [0.25, 0.3) is 0 Å². The summed E-state index contributed by atoms with van der Waals surface area (Å²) in [6, 6.07) is 4.50. The summed E-state index contributed by atoms with van der Waals surface area (Å²) in [5.74, 6) is 0.657. The van der Waals surface area contributed by atoms with E-state index in [1.54, 1.807) is 0 Å². The quantitative estimate of drug-likeness (QED) is 0.785. The Labute approximate surface area is 108 Å². The minimum Gasteiger partial charge on any atom is -0.372 e. The molecule has 0 radical (unpaired) electrons. The molecular formula is C14H23NOS. The Hall–Kier alpha value is -0.380. The summed E-state index contributed by atoms with van der Waals surface area (Å²) in [7, 11) is 0. The number of ether oxygens (including phenoxy) is 1. The van der Waals surface area contributed by atoms with E-state index in [0.717, 1.165) is 26.1 Å². The zero-order chi connectivity index (χ0) is 12.1. The molecule has 1 aliphatic rings. The van der Waals surface area contributed by atoms with Crippen LogP contribution in [0.4, 0.5) is 0 Å². The molecule has 0 saturated carbocycles. The van der Waals surface area contributed by atoms with Gasteiger partial charge in [0.15, 0.2) is 0 Å². The van der Waals surface area contributed by atoms with Gasteiger partial charge in [-0.2, -0.15) is 0 Å². The van der Waals surface area contributed by atoms with E-state index < -0.39 is 0 Å². The molecule has 17 heavy (non-hydrogen) atoms. The lowest BCUT2D eigenvalue weighted by atomic mass is 10.0. The van der Waals surface area contributed by atoms with Crippen LogP contribution in [-0.4, -0.2) is 19.7 Å². The van der Waals surface area contributed by atoms with Gasteiger partial charge < -0.3 is 10.1 Å². The highest BCUT2D eigenvalue weighted by molar-refractivity contribution is 7.12. The van der Waals surface area contributed by atoms with Gasteiger partial charge in [0.05, 0.1) is 6.10 Å². The monoisotopic (exact) mass is 253 g/mol. The first-order valence-corrected chi connectivity index (χ1v) is 7.57. The predicted octanol–water partition coefficient (Wildman–Crippen LogP) is 3.39. The summed E-state index contributed by atoms with van der Waals surface area (Å²) < 4.78 is 5.91. The van der Waals surface area contributed by atoms with Crippen molar-refractivity contribution in [3.63, 3.8) is 0 Å². The van der Waals surface area contributed by atoms with Crippen LogP contribution in [0.25, 0.3) is 0 Å². The van der Waals surface area contributed by atoms with Gasteiger partial charge in [-0.05, 0) is 37.9 Å². The summed E-state index contributed by atoms with van der Waals surface area (Å²) in [5, 5.41) is 3.52. The largest absolute Gasteiger partial charge is 0.372 e. The molecule has 96 valence electrons. The highest BCUT2D eigenvalue weighted by Crippen LogP contribution is 2.37. The number of thiophene rings is 1. The van der Waals surface area contributed by atoms with Gasteiger partial charge in [0.1, 0.15) is 0 Å². The lowest BCUT2D eigenvalue weighted by Crippen LogP contribution is -2.25. The average molecular weight is 253 g/mol. The Morgan fingerprint density at radius 1 is 1.41 bits per heavy atom. The Balaban J connectivity index is 1.94. The molecule has 1 fully saturated rings. The van der Waals surface area contributed by atoms with Gasteiger partial charge in [-0.1, -0.05) is 13.8 Å². The molecule has 2 rings (SSSR count). The van der Waals surface area contributed by atoms with Crippen LogP contribution in [0.2, 0.25) is 0 Å². The molecule has 0 aliphatic carbocycles. The SMILES string of the molecule is CCCNCC1CCOC1c1ccc(CC)s1. The van der Waals surface area contributed by atoms with Crippen LogP contribution in [0.5, 0.6) is 0 Å². The third-order valence-corrected chi connectivity index (χ3v) is 4.65. The number of aryl methyl sites for hydroxylation is 1. The maximum atomic E-state index is 5.91. The molecule has 0 amide bonds. The van der Waals surface area contributed by atoms with Crippen molar-refractivity contribution < 1.29 is 4.74 Å². The first kappa shape index (κ1) is 13.1. The smallest absolute Gasteiger partial charge is 0.0957 e. The molecule has 0 spiro atoms. The first-order valence-electron chi connectivity index (χ1n) is 6.76. The summed E-state index contributed by atoms with van der Waals surface area (Å²) in [6.45, 7) is 7.56. The highest BCUT2D eigenvalue weighted by Gasteiger charge is 2.30. The number of hydrogen-bond acceptors (Lipinski definition) is 3. The Bertz CT molecular complexity index is 337. The zero-order valence-electron chi connectivity index (χ0n) is 10.9. The van der Waals surface area contributed by atoms with Gasteiger partial charge in [0.2, 0.25) is 0 Å². The molecule has 2 unspecified atom stereocenters. The van der Waals surface area contributed by atoms with Crippen molar-refractivity contribution >= 4 is 11.3 Å². The van der Waals surface area contributed by atoms with Gasteiger partial charge in [-0.3, -0.25) is 0 Å². The number of rotatable bonds is 6. The lowest BCUT2D eigenvalue weighted by molar-refractivity contribution is 0.0934. The van der Waals surface area contributed by atoms with Crippen LogP contribution in [0, 0.1) is 5.92 Å². The maximum Gasteiger partial charge on any atom is 0.0957 e. The molecule has 2 nitrogen and oxygen atoms in total. The van der Waals surface area contributed by atoms with E-state index in [9.17, 15) is 0 Å². The molecule has 1 saturated heterocycles. The maximum absolute atomic E-state index is 5.91. The fourth-order valence-electron chi connectivity index (χ4n) is 2.36. The predicted molar refractivity (Wildman–Crippen MR) is 73.7 cm³/mol. The first-order chi connectivity index (χ1) is 8.35. The van der Waals surface area contributed by atoms with E-state index in [4.69, 9.17) is 4.74 Å². The third-order valence-electron chi connectivity index (χ3n) is 3.36. The molecule has 3 heteroatoms. The molecule has 1 N–H and O–H groups in total. The van der Waals surface area contributed by atoms with Gasteiger partial charge in [-0.15, -0.1) is 11.3 Å². The van der Waals surface area contributed by atoms with Crippen molar-refractivity contribution in [2.75, 3.05) is 19.7 Å². The minimum absolute atomic E-state index is 0.338. The Morgan fingerprint density at radius 3 is 3.00 bits per heavy atom. The summed E-state index contributed by atoms with van der Waals surface area (Å²) in [4.78, 5) is 2.89. The van der Waals surface area contributed by atoms with Crippen molar-refractivity contribution in [2.24, 2.45) is 5.92 Å². The van der Waals surface area contributed by atoms with Crippen LogP contribution >= 0.6 is 11.3 Å². The van der Waals surface area contributed by atoms with Gasteiger partial charge in [-0.25, -0.2) is 0 Å². The average Bonchev–Trinajstić information content (AvgIpc) is 2.96. The van der Waals surface area contributed by atoms with Crippen LogP contribution < -0.4 is 5.32 Å². The van der Waals surface area contributed by atoms with Crippen LogP contribution in [0.15, 0.2) is 12.1 Å². The van der Waals surface area contributed by atoms with E-state index in [1.165, 1.54) is 22.6 Å². The molecule has 1 aliphatic heterocycles. The molecule has 1 aromatic rings. The summed E-state index contributed by atoms with van der Waals surface area (Å²) in [6.07, 6.45) is 3.87. The fourth-order valence-corrected chi connectivity index (χ4v) is 3.45. The third kappa shape index (κ3) is 3.30. The van der Waals surface area contributed by atoms with E-state index in [1.807, 2.05) is 11.3 Å². The van der Waals surface area contributed by atoms with Gasteiger partial charge in [0, 0.05) is 28.8 Å². The summed E-state index contributed by atoms with van der Waals surface area (Å²) in [5.41, 5.74) is 0. The van der Waals surface area contributed by atoms with Crippen molar-refractivity contribution in [1.82, 2.24) is 5.32 Å². The molecule has 0 bridgehead atoms. The second kappa shape index (κ2) is 6.53. The lowest BCUT2D eigenvalue weighted by Gasteiger charge is -2.17. The second-order valence-corrected chi connectivity index (χ2v) is 5.90. The standard InChI is InChI=1S/C14H23NOS/c1-3-8-15-10-11-7-9-16-14(11)13-6-5-12(4-2)17-13/h5-6,11,14-15H,3-4,7-10H2,1-2H3. The number of nitrogens with one attached hydrogen (secondary N) is 1. The Morgan fingerprint density at radius 2 is 2.29 bits per heavy atom. The molecule has 1 aromatic heterocycles. The van der Waals surface area contributed by atoms with Crippen LogP contribution in [0.3, 0.4) is 0 Å². The Kier molecular flexibility index (Phi) is 5.01. The van der Waals surface area contributed by atoms with Crippen molar-refractivity contribution in [3.8, 4) is 0 Å². The molecule has 2 heterocycles. The van der Waals surface area contributed by atoms with Crippen molar-refractivity contribution in [3.05, 3.63) is 21.9 Å². The van der Waals surface area contributed by atoms with E-state index in [0.29, 0.717) is 12.0 Å². The fraction of sp³-hybridized carbons (Fsp3) is 0.714. The van der Waals surface area contributed by atoms with E-state index in [2.05, 4.69) is 31.3 Å². The van der Waals surface area contributed by atoms with Crippen LogP contribution in [0.1, 0.15) is 42.5 Å². The molecular weight excluding hydrogens is 230 g/mol. The van der Waals surface area contributed by atoms with Crippen LogP contribution in [-0.2, 0) is 11.2 Å². The molecule has 2 atom stereocenters. The summed E-state index contributed by atoms with van der Waals surface area (Å²) >= 11 is 1.92. The van der Waals surface area contributed by atoms with E-state index >= 15 is 0 Å². The van der Waals surface area contributed by atoms with Crippen molar-refractivity contribution in [1.29, 1.82) is 0 Å². The minimum atomic E-state index is 0.338. The van der Waals surface area contributed by atoms with Gasteiger partial charge >= 0.3 is 0 Å². The highest BCUT2D eigenvalue weighted by atomic mass is 32.1. The van der Waals surface area contributed by atoms with E-state index in [-0.39, 0.29) is 0 Å². The second-order valence-electron chi connectivity index (χ2n) is 4.70. The molecule has 0 aromatic carbocycles. The zero-order valence-corrected chi connectivity index (χ0v) is 11.7. The number of hydrogen-bond donors (Lipinski definition) is 1. The normalized spacial score (nSPS) is 24.4. The van der Waals surface area contributed by atoms with Crippen molar-refractivity contribution in [2.45, 2.75) is 39.2 Å².